The van der Waals surface area contributed by atoms with Gasteiger partial charge in [-0.2, -0.15) is 8.78 Å². The number of amidine groups is 1. The molecule has 1 N–H and O–H groups in total. The Labute approximate surface area is 119 Å². The maximum absolute atomic E-state index is 13.3. The van der Waals surface area contributed by atoms with Gasteiger partial charge in [0.25, 0.3) is 0 Å². The minimum absolute atomic E-state index is 0.00877. The van der Waals surface area contributed by atoms with Crippen molar-refractivity contribution in [3.63, 3.8) is 0 Å². The third kappa shape index (κ3) is 2.44. The number of nitrogens with zero attached hydrogens (tertiary/aromatic N) is 1. The van der Waals surface area contributed by atoms with E-state index in [9.17, 15) is 13.2 Å². The van der Waals surface area contributed by atoms with Gasteiger partial charge in [0.2, 0.25) is 0 Å². The van der Waals surface area contributed by atoms with Crippen LogP contribution in [0, 0.1) is 11.2 Å². The zero-order valence-corrected chi connectivity index (χ0v) is 10.8. The van der Waals surface area contributed by atoms with Gasteiger partial charge in [-0.25, -0.2) is 4.39 Å². The Balaban J connectivity index is 1.99. The van der Waals surface area contributed by atoms with Gasteiger partial charge in [0.15, 0.2) is 0 Å². The lowest BCUT2D eigenvalue weighted by Crippen LogP contribution is -2.24. The van der Waals surface area contributed by atoms with Crippen molar-refractivity contribution < 1.29 is 17.9 Å². The van der Waals surface area contributed by atoms with Gasteiger partial charge in [-0.3, -0.25) is 5.41 Å². The molecule has 0 amide bonds. The minimum atomic E-state index is -2.94. The van der Waals surface area contributed by atoms with Crippen molar-refractivity contribution in [3.05, 3.63) is 59.4 Å². The first-order valence-corrected chi connectivity index (χ1v) is 6.25. The Hall–Kier alpha value is -2.50. The highest BCUT2D eigenvalue weighted by Crippen LogP contribution is 2.35. The van der Waals surface area contributed by atoms with Crippen LogP contribution in [0.1, 0.15) is 11.1 Å². The number of halogens is 3. The lowest BCUT2D eigenvalue weighted by atomic mass is 10.1. The van der Waals surface area contributed by atoms with Gasteiger partial charge in [0.1, 0.15) is 17.4 Å². The predicted molar refractivity (Wildman–Crippen MR) is 72.5 cm³/mol. The van der Waals surface area contributed by atoms with E-state index in [-0.39, 0.29) is 11.6 Å². The molecule has 2 aromatic carbocycles. The van der Waals surface area contributed by atoms with E-state index >= 15 is 0 Å². The largest absolute Gasteiger partial charge is 0.433 e. The molecule has 0 saturated carbocycles. The molecule has 0 radical (unpaired) electrons. The number of fused-ring (bicyclic) bond motifs is 1. The molecule has 0 saturated heterocycles. The summed E-state index contributed by atoms with van der Waals surface area (Å²) in [5.41, 5.74) is 1.59. The summed E-state index contributed by atoms with van der Waals surface area (Å²) in [5.74, 6) is -0.377. The smallest absolute Gasteiger partial charge is 0.387 e. The third-order valence-corrected chi connectivity index (χ3v) is 3.30. The number of benzene rings is 2. The summed E-state index contributed by atoms with van der Waals surface area (Å²) in [6.45, 7) is -2.62. The Bertz CT molecular complexity index is 703. The number of anilines is 1. The van der Waals surface area contributed by atoms with Crippen LogP contribution in [0.5, 0.6) is 5.75 Å². The maximum atomic E-state index is 13.3. The number of nitrogens with one attached hydrogen (secondary N) is 1. The van der Waals surface area contributed by atoms with Crippen LogP contribution >= 0.6 is 0 Å². The number of ether oxygens (including phenoxy) is 1. The molecule has 21 heavy (non-hydrogen) atoms. The van der Waals surface area contributed by atoms with E-state index in [1.165, 1.54) is 23.1 Å². The Morgan fingerprint density at radius 1 is 1.14 bits per heavy atom. The van der Waals surface area contributed by atoms with Gasteiger partial charge in [0, 0.05) is 5.56 Å². The van der Waals surface area contributed by atoms with Crippen molar-refractivity contribution in [1.29, 1.82) is 5.41 Å². The first kappa shape index (κ1) is 13.5. The summed E-state index contributed by atoms with van der Waals surface area (Å²) in [5, 5.41) is 8.12. The van der Waals surface area contributed by atoms with Crippen LogP contribution in [0.15, 0.2) is 42.5 Å². The molecule has 0 fully saturated rings. The summed E-state index contributed by atoms with van der Waals surface area (Å²) in [4.78, 5) is 1.52. The number of para-hydroxylation sites is 2. The van der Waals surface area contributed by atoms with Crippen molar-refractivity contribution in [3.8, 4) is 5.75 Å². The molecule has 0 spiro atoms. The molecule has 0 atom stereocenters. The second kappa shape index (κ2) is 5.12. The molecular weight excluding hydrogens is 281 g/mol. The van der Waals surface area contributed by atoms with Gasteiger partial charge >= 0.3 is 6.61 Å². The molecule has 6 heteroatoms. The van der Waals surface area contributed by atoms with Gasteiger partial charge in [-0.1, -0.05) is 18.2 Å². The quantitative estimate of drug-likeness (QED) is 0.934. The van der Waals surface area contributed by atoms with Crippen LogP contribution in [-0.2, 0) is 6.54 Å². The number of rotatable bonds is 3. The van der Waals surface area contributed by atoms with E-state index in [0.29, 0.717) is 17.8 Å². The fraction of sp³-hybridized carbons (Fsp3) is 0.133. The van der Waals surface area contributed by atoms with E-state index in [4.69, 9.17) is 5.41 Å². The summed E-state index contributed by atoms with van der Waals surface area (Å²) in [6, 6.07) is 10.4. The molecule has 108 valence electrons. The highest BCUT2D eigenvalue weighted by atomic mass is 19.3. The molecule has 1 heterocycles. The molecule has 0 unspecified atom stereocenters. The minimum Gasteiger partial charge on any atom is -0.433 e. The Kier molecular flexibility index (Phi) is 3.29. The van der Waals surface area contributed by atoms with E-state index in [0.717, 1.165) is 5.56 Å². The van der Waals surface area contributed by atoms with Crippen LogP contribution < -0.4 is 9.64 Å². The van der Waals surface area contributed by atoms with Crippen molar-refractivity contribution in [1.82, 2.24) is 0 Å². The van der Waals surface area contributed by atoms with E-state index in [2.05, 4.69) is 4.74 Å². The predicted octanol–water partition coefficient (Wildman–Crippen LogP) is 3.77. The molecule has 1 aliphatic rings. The SMILES string of the molecule is N=C1c2cc(F)ccc2CN1c1ccccc1OC(F)F. The zero-order chi connectivity index (χ0) is 15.0. The van der Waals surface area contributed by atoms with Crippen LogP contribution in [0.25, 0.3) is 0 Å². The molecule has 0 bridgehead atoms. The first-order valence-electron chi connectivity index (χ1n) is 6.25. The highest BCUT2D eigenvalue weighted by molar-refractivity contribution is 6.12. The first-order chi connectivity index (χ1) is 10.1. The number of hydrogen-bond acceptors (Lipinski definition) is 2. The molecule has 3 nitrogen and oxygen atoms in total. The molecule has 0 aliphatic carbocycles. The van der Waals surface area contributed by atoms with Crippen LogP contribution in [0.2, 0.25) is 0 Å². The third-order valence-electron chi connectivity index (χ3n) is 3.30. The second-order valence-corrected chi connectivity index (χ2v) is 4.58. The lowest BCUT2D eigenvalue weighted by Gasteiger charge is -2.21. The van der Waals surface area contributed by atoms with Crippen LogP contribution in [0.3, 0.4) is 0 Å². The fourth-order valence-corrected chi connectivity index (χ4v) is 2.38. The van der Waals surface area contributed by atoms with Crippen molar-refractivity contribution in [2.45, 2.75) is 13.2 Å². The molecular formula is C15H11F3N2O. The average molecular weight is 292 g/mol. The number of hydrogen-bond donors (Lipinski definition) is 1. The maximum Gasteiger partial charge on any atom is 0.387 e. The monoisotopic (exact) mass is 292 g/mol. The summed E-state index contributed by atoms with van der Waals surface area (Å²) >= 11 is 0. The summed E-state index contributed by atoms with van der Waals surface area (Å²) < 4.78 is 42.7. The standard InChI is InChI=1S/C15H11F3N2O/c16-10-6-5-9-8-20(14(19)11(9)7-10)12-3-1-2-4-13(12)21-15(17)18/h1-7,15,19H,8H2. The van der Waals surface area contributed by atoms with E-state index < -0.39 is 12.4 Å². The Morgan fingerprint density at radius 3 is 2.67 bits per heavy atom. The van der Waals surface area contributed by atoms with Crippen molar-refractivity contribution in [2.75, 3.05) is 4.90 Å². The zero-order valence-electron chi connectivity index (χ0n) is 10.8. The van der Waals surface area contributed by atoms with Gasteiger partial charge in [-0.15, -0.1) is 0 Å². The average Bonchev–Trinajstić information content (AvgIpc) is 2.76. The topological polar surface area (TPSA) is 36.3 Å². The van der Waals surface area contributed by atoms with E-state index in [1.54, 1.807) is 24.3 Å². The highest BCUT2D eigenvalue weighted by Gasteiger charge is 2.28. The fourth-order valence-electron chi connectivity index (χ4n) is 2.38. The van der Waals surface area contributed by atoms with Gasteiger partial charge < -0.3 is 9.64 Å². The van der Waals surface area contributed by atoms with Crippen molar-refractivity contribution >= 4 is 11.5 Å². The van der Waals surface area contributed by atoms with E-state index in [1.807, 2.05) is 0 Å². The second-order valence-electron chi connectivity index (χ2n) is 4.58. The lowest BCUT2D eigenvalue weighted by molar-refractivity contribution is -0.0494. The molecule has 1 aliphatic heterocycles. The van der Waals surface area contributed by atoms with Crippen LogP contribution in [0.4, 0.5) is 18.9 Å². The van der Waals surface area contributed by atoms with Crippen molar-refractivity contribution in [2.24, 2.45) is 0 Å². The normalized spacial score (nSPS) is 13.7. The molecule has 0 aromatic heterocycles. The van der Waals surface area contributed by atoms with Crippen LogP contribution in [-0.4, -0.2) is 12.4 Å². The number of alkyl halides is 2. The summed E-state index contributed by atoms with van der Waals surface area (Å²) in [7, 11) is 0. The Morgan fingerprint density at radius 2 is 1.90 bits per heavy atom. The molecule has 3 rings (SSSR count). The van der Waals surface area contributed by atoms with Gasteiger partial charge in [-0.05, 0) is 29.8 Å². The molecule has 2 aromatic rings. The summed E-state index contributed by atoms with van der Waals surface area (Å²) in [6.07, 6.45) is 0. The van der Waals surface area contributed by atoms with Gasteiger partial charge in [0.05, 0.1) is 12.2 Å².